The van der Waals surface area contributed by atoms with E-state index in [1.54, 1.807) is 6.33 Å². The maximum absolute atomic E-state index is 12.9. The lowest BCUT2D eigenvalue weighted by molar-refractivity contribution is 0.0773. The Morgan fingerprint density at radius 3 is 2.50 bits per heavy atom. The van der Waals surface area contributed by atoms with Gasteiger partial charge in [-0.1, -0.05) is 30.3 Å². The smallest absolute Gasteiger partial charge is 0.253 e. The molecule has 0 saturated heterocycles. The van der Waals surface area contributed by atoms with E-state index in [2.05, 4.69) is 14.9 Å². The Balaban J connectivity index is 1.54. The highest BCUT2D eigenvalue weighted by Gasteiger charge is 2.31. The number of benzene rings is 3. The maximum Gasteiger partial charge on any atom is 0.253 e. The summed E-state index contributed by atoms with van der Waals surface area (Å²) < 4.78 is 6.09. The number of rotatable bonds is 8. The van der Waals surface area contributed by atoms with Crippen molar-refractivity contribution in [2.45, 2.75) is 39.8 Å². The first-order valence-corrected chi connectivity index (χ1v) is 13.2. The maximum atomic E-state index is 12.9. The predicted molar refractivity (Wildman–Crippen MR) is 148 cm³/mol. The molecule has 0 spiro atoms. The number of nitrogens with one attached hydrogen (secondary N) is 1. The van der Waals surface area contributed by atoms with E-state index in [9.17, 15) is 9.90 Å². The first kappa shape index (κ1) is 25.5. The molecule has 1 atom stereocenters. The molecule has 3 aromatic carbocycles. The van der Waals surface area contributed by atoms with Crippen molar-refractivity contribution in [1.82, 2.24) is 19.8 Å². The summed E-state index contributed by atoms with van der Waals surface area (Å²) in [4.78, 5) is 24.8. The number of phenolic OH excluding ortho intramolecular Hbond substituents is 1. The van der Waals surface area contributed by atoms with Crippen molar-refractivity contribution in [3.05, 3.63) is 107 Å². The van der Waals surface area contributed by atoms with E-state index in [0.29, 0.717) is 36.7 Å². The Hall–Kier alpha value is -4.10. The third-order valence-corrected chi connectivity index (χ3v) is 7.34. The second-order valence-corrected chi connectivity index (χ2v) is 9.62. The number of hydrogen-bond donors (Lipinski definition) is 2. The number of imidazole rings is 1. The van der Waals surface area contributed by atoms with Crippen LogP contribution in [0.2, 0.25) is 0 Å². The molecule has 0 unspecified atom stereocenters. The number of H-pyrrole nitrogens is 1. The molecule has 38 heavy (non-hydrogen) atoms. The Labute approximate surface area is 223 Å². The quantitative estimate of drug-likeness (QED) is 0.311. The highest BCUT2D eigenvalue weighted by atomic mass is 16.5. The summed E-state index contributed by atoms with van der Waals surface area (Å²) >= 11 is 0. The molecule has 0 aliphatic carbocycles. The number of aromatic amines is 1. The van der Waals surface area contributed by atoms with Crippen LogP contribution >= 0.6 is 0 Å². The number of ether oxygens (including phenoxy) is 1. The summed E-state index contributed by atoms with van der Waals surface area (Å²) in [6, 6.07) is 21.1. The number of aryl methyl sites for hydroxylation is 1. The van der Waals surface area contributed by atoms with E-state index in [4.69, 9.17) is 4.74 Å². The van der Waals surface area contributed by atoms with Crippen molar-refractivity contribution in [2.75, 3.05) is 19.6 Å². The van der Waals surface area contributed by atoms with Gasteiger partial charge in [0.2, 0.25) is 0 Å². The number of amides is 1. The molecule has 1 aliphatic rings. The van der Waals surface area contributed by atoms with Crippen LogP contribution in [0, 0.1) is 6.92 Å². The molecular formula is C31H34N4O3. The number of carbonyl (C=O) groups is 1. The monoisotopic (exact) mass is 510 g/mol. The molecule has 7 heteroatoms. The molecule has 1 amide bonds. The minimum absolute atomic E-state index is 0.0407. The summed E-state index contributed by atoms with van der Waals surface area (Å²) in [5, 5.41) is 10.8. The van der Waals surface area contributed by atoms with Gasteiger partial charge in [0.05, 0.1) is 23.8 Å². The standard InChI is InChI=1S/C31H34N4O3/c1-4-34(5-2)31(37)23-13-11-22(12-14-23)30-26-18-29(38-25-9-7-6-8-10-25)28(36)17-24(26)15-16-35(30)19-27-21(3)32-20-33-27/h6-14,17-18,20,30,36H,4-5,15-16,19H2,1-3H3,(H,32,33)/t30-/m1/s1. The summed E-state index contributed by atoms with van der Waals surface area (Å²) in [5.74, 6) is 1.26. The zero-order valence-electron chi connectivity index (χ0n) is 22.1. The molecule has 1 aliphatic heterocycles. The number of phenols is 1. The van der Waals surface area contributed by atoms with Gasteiger partial charge in [-0.25, -0.2) is 4.98 Å². The normalized spacial score (nSPS) is 15.2. The van der Waals surface area contributed by atoms with Crippen molar-refractivity contribution >= 4 is 5.91 Å². The fourth-order valence-corrected chi connectivity index (χ4v) is 5.20. The predicted octanol–water partition coefficient (Wildman–Crippen LogP) is 5.85. The van der Waals surface area contributed by atoms with Gasteiger partial charge in [0.25, 0.3) is 5.91 Å². The lowest BCUT2D eigenvalue weighted by Crippen LogP contribution is -2.36. The van der Waals surface area contributed by atoms with Gasteiger partial charge in [-0.05, 0) is 80.3 Å². The topological polar surface area (TPSA) is 81.7 Å². The lowest BCUT2D eigenvalue weighted by atomic mass is 9.87. The highest BCUT2D eigenvalue weighted by molar-refractivity contribution is 5.94. The fourth-order valence-electron chi connectivity index (χ4n) is 5.20. The van der Waals surface area contributed by atoms with Crippen molar-refractivity contribution < 1.29 is 14.6 Å². The van der Waals surface area contributed by atoms with Crippen LogP contribution in [0.15, 0.2) is 73.1 Å². The second kappa shape index (κ2) is 11.1. The zero-order chi connectivity index (χ0) is 26.6. The van der Waals surface area contributed by atoms with Crippen molar-refractivity contribution in [3.63, 3.8) is 0 Å². The minimum Gasteiger partial charge on any atom is -0.504 e. The van der Waals surface area contributed by atoms with Crippen molar-refractivity contribution in [2.24, 2.45) is 0 Å². The average molecular weight is 511 g/mol. The van der Waals surface area contributed by atoms with Crippen LogP contribution < -0.4 is 4.74 Å². The van der Waals surface area contributed by atoms with Gasteiger partial charge in [-0.2, -0.15) is 0 Å². The van der Waals surface area contributed by atoms with E-state index in [0.717, 1.165) is 41.0 Å². The van der Waals surface area contributed by atoms with E-state index in [1.807, 2.05) is 92.4 Å². The first-order chi connectivity index (χ1) is 18.5. The van der Waals surface area contributed by atoms with Crippen LogP contribution in [0.3, 0.4) is 0 Å². The molecule has 0 radical (unpaired) electrons. The molecule has 0 fully saturated rings. The third kappa shape index (κ3) is 5.15. The average Bonchev–Trinajstić information content (AvgIpc) is 3.34. The van der Waals surface area contributed by atoms with Gasteiger partial charge in [0.1, 0.15) is 5.75 Å². The molecule has 0 saturated carbocycles. The van der Waals surface area contributed by atoms with Gasteiger partial charge < -0.3 is 19.7 Å². The Morgan fingerprint density at radius 2 is 1.84 bits per heavy atom. The number of hydrogen-bond acceptors (Lipinski definition) is 5. The van der Waals surface area contributed by atoms with Crippen LogP contribution in [0.4, 0.5) is 0 Å². The van der Waals surface area contributed by atoms with Crippen LogP contribution in [0.1, 0.15) is 58.3 Å². The summed E-state index contributed by atoms with van der Waals surface area (Å²) in [5.41, 5.74) is 5.99. The molecule has 1 aromatic heterocycles. The van der Waals surface area contributed by atoms with Gasteiger partial charge in [-0.15, -0.1) is 0 Å². The molecular weight excluding hydrogens is 476 g/mol. The third-order valence-electron chi connectivity index (χ3n) is 7.34. The largest absolute Gasteiger partial charge is 0.504 e. The van der Waals surface area contributed by atoms with Gasteiger partial charge in [-0.3, -0.25) is 9.69 Å². The summed E-state index contributed by atoms with van der Waals surface area (Å²) in [6.45, 7) is 8.87. The van der Waals surface area contributed by atoms with Crippen LogP contribution in [0.25, 0.3) is 0 Å². The number of nitrogens with zero attached hydrogens (tertiary/aromatic N) is 3. The molecule has 196 valence electrons. The number of aromatic hydroxyl groups is 1. The van der Waals surface area contributed by atoms with Crippen molar-refractivity contribution in [3.8, 4) is 17.2 Å². The van der Waals surface area contributed by atoms with E-state index in [1.165, 1.54) is 0 Å². The Kier molecular flexibility index (Phi) is 7.47. The molecule has 7 nitrogen and oxygen atoms in total. The molecule has 2 heterocycles. The van der Waals surface area contributed by atoms with Crippen LogP contribution in [0.5, 0.6) is 17.2 Å². The van der Waals surface area contributed by atoms with Crippen LogP contribution in [-0.4, -0.2) is 50.4 Å². The zero-order valence-corrected chi connectivity index (χ0v) is 22.1. The summed E-state index contributed by atoms with van der Waals surface area (Å²) in [6.07, 6.45) is 2.53. The number of fused-ring (bicyclic) bond motifs is 1. The Morgan fingerprint density at radius 1 is 1.11 bits per heavy atom. The lowest BCUT2D eigenvalue weighted by Gasteiger charge is -2.38. The van der Waals surface area contributed by atoms with Crippen molar-refractivity contribution in [1.29, 1.82) is 0 Å². The molecule has 5 rings (SSSR count). The number of carbonyl (C=O) groups excluding carboxylic acids is 1. The van der Waals surface area contributed by atoms with Crippen LogP contribution in [-0.2, 0) is 13.0 Å². The van der Waals surface area contributed by atoms with E-state index >= 15 is 0 Å². The molecule has 4 aromatic rings. The van der Waals surface area contributed by atoms with Gasteiger partial charge >= 0.3 is 0 Å². The SMILES string of the molecule is CCN(CC)C(=O)c1ccc([C@@H]2c3cc(Oc4ccccc4)c(O)cc3CCN2Cc2[nH]cnc2C)cc1. The van der Waals surface area contributed by atoms with E-state index < -0.39 is 0 Å². The highest BCUT2D eigenvalue weighted by Crippen LogP contribution is 2.42. The molecule has 2 N–H and O–H groups in total. The number of para-hydroxylation sites is 1. The number of aromatic nitrogens is 2. The second-order valence-electron chi connectivity index (χ2n) is 9.62. The van der Waals surface area contributed by atoms with Gasteiger partial charge in [0.15, 0.2) is 11.5 Å². The fraction of sp³-hybridized carbons (Fsp3) is 0.290. The van der Waals surface area contributed by atoms with E-state index in [-0.39, 0.29) is 17.7 Å². The minimum atomic E-state index is -0.0854. The first-order valence-electron chi connectivity index (χ1n) is 13.2. The Bertz CT molecular complexity index is 1390. The molecule has 0 bridgehead atoms. The van der Waals surface area contributed by atoms with Gasteiger partial charge in [0, 0.05) is 31.7 Å². The summed E-state index contributed by atoms with van der Waals surface area (Å²) in [7, 11) is 0.